The van der Waals surface area contributed by atoms with Gasteiger partial charge in [-0.3, -0.25) is 4.68 Å². The first kappa shape index (κ1) is 17.1. The summed E-state index contributed by atoms with van der Waals surface area (Å²) in [6, 6.07) is 0.0509. The number of carbonyl (C=O) groups is 1. The van der Waals surface area contributed by atoms with Crippen LogP contribution in [0, 0.1) is 6.92 Å². The van der Waals surface area contributed by atoms with Crippen molar-refractivity contribution in [2.75, 3.05) is 0 Å². The Labute approximate surface area is 153 Å². The van der Waals surface area contributed by atoms with Gasteiger partial charge in [-0.15, -0.1) is 0 Å². The monoisotopic (exact) mass is 358 g/mol. The summed E-state index contributed by atoms with van der Waals surface area (Å²) in [6.07, 6.45) is 2.39. The quantitative estimate of drug-likeness (QED) is 0.721. The summed E-state index contributed by atoms with van der Waals surface area (Å²) in [5, 5.41) is 9.15. The van der Waals surface area contributed by atoms with Crippen LogP contribution in [0.4, 0.5) is 4.79 Å². The minimum atomic E-state index is -0.511. The summed E-state index contributed by atoms with van der Waals surface area (Å²) >= 11 is 0. The number of hydrogen-bond acceptors (Lipinski definition) is 5. The van der Waals surface area contributed by atoms with Crippen LogP contribution in [0.5, 0.6) is 0 Å². The van der Waals surface area contributed by atoms with Crippen LogP contribution in [0.3, 0.4) is 0 Å². The number of fused-ring (bicyclic) bond motifs is 5. The Hall–Kier alpha value is -2.31. The molecule has 2 aliphatic heterocycles. The van der Waals surface area contributed by atoms with E-state index in [1.807, 2.05) is 39.3 Å². The average Bonchev–Trinajstić information content (AvgIpc) is 2.99. The highest BCUT2D eigenvalue weighted by molar-refractivity contribution is 5.71. The maximum atomic E-state index is 12.7. The highest BCUT2D eigenvalue weighted by atomic mass is 16.6. The van der Waals surface area contributed by atoms with Crippen molar-refractivity contribution >= 4 is 6.09 Å². The van der Waals surface area contributed by atoms with Crippen molar-refractivity contribution in [3.05, 3.63) is 22.6 Å². The fourth-order valence-corrected chi connectivity index (χ4v) is 3.86. The van der Waals surface area contributed by atoms with E-state index in [0.29, 0.717) is 6.54 Å². The van der Waals surface area contributed by atoms with Crippen molar-refractivity contribution in [2.45, 2.75) is 78.6 Å². The van der Waals surface area contributed by atoms with Crippen LogP contribution in [-0.4, -0.2) is 37.6 Å². The lowest BCUT2D eigenvalue weighted by molar-refractivity contribution is 0.0138. The highest BCUT2D eigenvalue weighted by Gasteiger charge is 2.36. The Bertz CT molecular complexity index is 859. The van der Waals surface area contributed by atoms with E-state index in [0.717, 1.165) is 59.8 Å². The van der Waals surface area contributed by atoms with Gasteiger partial charge in [-0.25, -0.2) is 4.79 Å². The second-order valence-corrected chi connectivity index (χ2v) is 8.33. The lowest BCUT2D eigenvalue weighted by Crippen LogP contribution is -2.45. The highest BCUT2D eigenvalue weighted by Crippen LogP contribution is 2.37. The molecule has 0 fully saturated rings. The molecule has 4 heterocycles. The molecule has 2 aliphatic rings. The first-order chi connectivity index (χ1) is 12.2. The van der Waals surface area contributed by atoms with E-state index < -0.39 is 5.60 Å². The normalized spacial score (nSPS) is 19.4. The lowest BCUT2D eigenvalue weighted by Gasteiger charge is -2.34. The van der Waals surface area contributed by atoms with Crippen molar-refractivity contribution in [3.63, 3.8) is 0 Å². The van der Waals surface area contributed by atoms with Gasteiger partial charge < -0.3 is 14.2 Å². The zero-order chi connectivity index (χ0) is 18.6. The van der Waals surface area contributed by atoms with Crippen LogP contribution in [-0.2, 0) is 30.7 Å². The van der Waals surface area contributed by atoms with Gasteiger partial charge in [0.25, 0.3) is 0 Å². The minimum Gasteiger partial charge on any atom is -0.444 e. The van der Waals surface area contributed by atoms with Gasteiger partial charge in [0.2, 0.25) is 0 Å². The number of aryl methyl sites for hydroxylation is 2. The third kappa shape index (κ3) is 2.79. The first-order valence-electron chi connectivity index (χ1n) is 9.28. The van der Waals surface area contributed by atoms with Gasteiger partial charge in [0, 0.05) is 30.1 Å². The van der Waals surface area contributed by atoms with Crippen LogP contribution >= 0.6 is 0 Å². The smallest absolute Gasteiger partial charge is 0.410 e. The summed E-state index contributed by atoms with van der Waals surface area (Å²) in [6.45, 7) is 11.0. The van der Waals surface area contributed by atoms with Gasteiger partial charge in [0.05, 0.1) is 17.9 Å². The maximum Gasteiger partial charge on any atom is 0.410 e. The standard InChI is InChI=1S/C19H26N4O3/c1-11-9-15-14(10-22(11)18(24)25-19(3,4)5)17-16-13(12(2)26-21-16)7-6-8-23(17)20-15/h11H,6-10H2,1-5H3. The van der Waals surface area contributed by atoms with E-state index in [4.69, 9.17) is 14.4 Å². The molecular weight excluding hydrogens is 332 g/mol. The van der Waals surface area contributed by atoms with Crippen molar-refractivity contribution in [2.24, 2.45) is 0 Å². The molecule has 2 aromatic rings. The summed E-state index contributed by atoms with van der Waals surface area (Å²) in [5.41, 5.74) is 4.67. The Kier molecular flexibility index (Phi) is 3.86. The number of ether oxygens (including phenoxy) is 1. The molecule has 0 N–H and O–H groups in total. The van der Waals surface area contributed by atoms with E-state index in [2.05, 4.69) is 5.16 Å². The summed E-state index contributed by atoms with van der Waals surface area (Å²) < 4.78 is 13.1. The summed E-state index contributed by atoms with van der Waals surface area (Å²) in [4.78, 5) is 14.5. The van der Waals surface area contributed by atoms with Gasteiger partial charge in [0.15, 0.2) is 0 Å². The Morgan fingerprint density at radius 3 is 2.81 bits per heavy atom. The summed E-state index contributed by atoms with van der Waals surface area (Å²) in [7, 11) is 0. The van der Waals surface area contributed by atoms with Gasteiger partial charge in [0.1, 0.15) is 17.1 Å². The zero-order valence-corrected chi connectivity index (χ0v) is 16.1. The number of nitrogens with zero attached hydrogens (tertiary/aromatic N) is 4. The number of aromatic nitrogens is 3. The van der Waals surface area contributed by atoms with Gasteiger partial charge in [-0.1, -0.05) is 5.16 Å². The predicted octanol–water partition coefficient (Wildman–Crippen LogP) is 3.47. The molecule has 0 aromatic carbocycles. The largest absolute Gasteiger partial charge is 0.444 e. The van der Waals surface area contributed by atoms with Gasteiger partial charge >= 0.3 is 6.09 Å². The fourth-order valence-electron chi connectivity index (χ4n) is 3.86. The van der Waals surface area contributed by atoms with Gasteiger partial charge in [-0.2, -0.15) is 5.10 Å². The number of rotatable bonds is 0. The van der Waals surface area contributed by atoms with Crippen LogP contribution in [0.2, 0.25) is 0 Å². The third-order valence-corrected chi connectivity index (χ3v) is 5.12. The van der Waals surface area contributed by atoms with E-state index in [9.17, 15) is 4.79 Å². The number of carbonyl (C=O) groups excluding carboxylic acids is 1. The second kappa shape index (κ2) is 5.86. The molecular formula is C19H26N4O3. The Morgan fingerprint density at radius 1 is 1.31 bits per heavy atom. The molecule has 1 unspecified atom stereocenters. The molecule has 0 bridgehead atoms. The van der Waals surface area contributed by atoms with E-state index in [1.165, 1.54) is 0 Å². The third-order valence-electron chi connectivity index (χ3n) is 5.12. The molecule has 4 rings (SSSR count). The summed E-state index contributed by atoms with van der Waals surface area (Å²) in [5.74, 6) is 0.872. The van der Waals surface area contributed by atoms with Crippen molar-refractivity contribution in [1.82, 2.24) is 19.8 Å². The van der Waals surface area contributed by atoms with E-state index in [1.54, 1.807) is 4.90 Å². The van der Waals surface area contributed by atoms with Crippen LogP contribution in [0.25, 0.3) is 11.4 Å². The molecule has 1 amide bonds. The molecule has 26 heavy (non-hydrogen) atoms. The molecule has 7 heteroatoms. The molecule has 0 radical (unpaired) electrons. The zero-order valence-electron chi connectivity index (χ0n) is 16.1. The molecule has 0 saturated heterocycles. The van der Waals surface area contributed by atoms with Crippen molar-refractivity contribution < 1.29 is 14.1 Å². The molecule has 0 saturated carbocycles. The fraction of sp³-hybridized carbons (Fsp3) is 0.632. The lowest BCUT2D eigenvalue weighted by atomic mass is 9.97. The second-order valence-electron chi connectivity index (χ2n) is 8.33. The van der Waals surface area contributed by atoms with E-state index >= 15 is 0 Å². The molecule has 7 nitrogen and oxygen atoms in total. The van der Waals surface area contributed by atoms with Crippen LogP contribution in [0.1, 0.15) is 56.7 Å². The minimum absolute atomic E-state index is 0.0509. The molecule has 0 aliphatic carbocycles. The Balaban J connectivity index is 1.74. The predicted molar refractivity (Wildman–Crippen MR) is 95.7 cm³/mol. The number of hydrogen-bond donors (Lipinski definition) is 0. The van der Waals surface area contributed by atoms with Gasteiger partial charge in [-0.05, 0) is 47.5 Å². The van der Waals surface area contributed by atoms with Crippen LogP contribution in [0.15, 0.2) is 4.52 Å². The van der Waals surface area contributed by atoms with E-state index in [-0.39, 0.29) is 12.1 Å². The van der Waals surface area contributed by atoms with Crippen LogP contribution < -0.4 is 0 Å². The average molecular weight is 358 g/mol. The first-order valence-corrected chi connectivity index (χ1v) is 9.28. The maximum absolute atomic E-state index is 12.7. The van der Waals surface area contributed by atoms with Crippen molar-refractivity contribution in [3.8, 4) is 11.4 Å². The number of amides is 1. The topological polar surface area (TPSA) is 73.4 Å². The van der Waals surface area contributed by atoms with Crippen molar-refractivity contribution in [1.29, 1.82) is 0 Å². The molecule has 140 valence electrons. The SMILES string of the molecule is Cc1onc2c1CCCn1nc3c(c1-2)CN(C(=O)OC(C)(C)C)C(C)C3. The molecule has 2 aromatic heterocycles. The Morgan fingerprint density at radius 2 is 2.08 bits per heavy atom. The molecule has 0 spiro atoms. The molecule has 1 atom stereocenters.